The summed E-state index contributed by atoms with van der Waals surface area (Å²) in [5.41, 5.74) is 2.42. The normalized spacial score (nSPS) is 11.4. The van der Waals surface area contributed by atoms with Gasteiger partial charge in [-0.2, -0.15) is 0 Å². The topological polar surface area (TPSA) is 28.2 Å². The zero-order chi connectivity index (χ0) is 12.0. The van der Waals surface area contributed by atoms with Crippen LogP contribution in [0.1, 0.15) is 25.1 Å². The molecule has 1 aromatic heterocycles. The lowest BCUT2D eigenvalue weighted by Gasteiger charge is -2.18. The van der Waals surface area contributed by atoms with Crippen LogP contribution in [0.25, 0.3) is 0 Å². The predicted octanol–water partition coefficient (Wildman–Crippen LogP) is 1.82. The monoisotopic (exact) mass is 221 g/mol. The molecule has 0 atom stereocenters. The van der Waals surface area contributed by atoms with Gasteiger partial charge in [-0.15, -0.1) is 0 Å². The van der Waals surface area contributed by atoms with Crippen molar-refractivity contribution < 1.29 is 0 Å². The number of aryl methyl sites for hydroxylation is 1. The van der Waals surface area contributed by atoms with Crippen LogP contribution in [0.3, 0.4) is 0 Å². The van der Waals surface area contributed by atoms with Crippen LogP contribution >= 0.6 is 0 Å². The second-order valence-corrected chi connectivity index (χ2v) is 4.65. The molecular weight excluding hydrogens is 198 g/mol. The minimum Gasteiger partial charge on any atom is -0.313 e. The standard InChI is InChI=1S/C13H23N3/c1-11(2)14-7-8-16(4)10-13-5-6-15-12(3)9-13/h5-6,9,11,14H,7-8,10H2,1-4H3. The molecule has 0 spiro atoms. The second-order valence-electron chi connectivity index (χ2n) is 4.65. The summed E-state index contributed by atoms with van der Waals surface area (Å²) in [6, 6.07) is 4.79. The van der Waals surface area contributed by atoms with E-state index in [0.29, 0.717) is 6.04 Å². The molecule has 0 bridgehead atoms. The Balaban J connectivity index is 2.31. The molecule has 1 rings (SSSR count). The van der Waals surface area contributed by atoms with Crippen LogP contribution in [-0.2, 0) is 6.54 Å². The Labute approximate surface area is 98.9 Å². The Kier molecular flexibility index (Phi) is 5.43. The van der Waals surface area contributed by atoms with E-state index < -0.39 is 0 Å². The van der Waals surface area contributed by atoms with Crippen molar-refractivity contribution in [1.29, 1.82) is 0 Å². The zero-order valence-electron chi connectivity index (χ0n) is 10.8. The van der Waals surface area contributed by atoms with E-state index in [4.69, 9.17) is 0 Å². The highest BCUT2D eigenvalue weighted by atomic mass is 15.1. The number of rotatable bonds is 6. The molecule has 3 nitrogen and oxygen atoms in total. The van der Waals surface area contributed by atoms with E-state index in [-0.39, 0.29) is 0 Å². The van der Waals surface area contributed by atoms with Gasteiger partial charge in [0.2, 0.25) is 0 Å². The van der Waals surface area contributed by atoms with Gasteiger partial charge >= 0.3 is 0 Å². The third kappa shape index (κ3) is 5.24. The number of likely N-dealkylation sites (N-methyl/N-ethyl adjacent to an activating group) is 1. The van der Waals surface area contributed by atoms with Crippen molar-refractivity contribution in [2.45, 2.75) is 33.4 Å². The molecule has 3 heteroatoms. The molecule has 0 aliphatic carbocycles. The zero-order valence-corrected chi connectivity index (χ0v) is 10.8. The second kappa shape index (κ2) is 6.61. The van der Waals surface area contributed by atoms with Gasteiger partial charge in [-0.25, -0.2) is 0 Å². The molecule has 1 heterocycles. The van der Waals surface area contributed by atoms with Gasteiger partial charge in [-0.1, -0.05) is 13.8 Å². The van der Waals surface area contributed by atoms with E-state index in [1.807, 2.05) is 13.1 Å². The minimum absolute atomic E-state index is 0.566. The van der Waals surface area contributed by atoms with E-state index in [1.165, 1.54) is 5.56 Å². The molecule has 0 saturated carbocycles. The van der Waals surface area contributed by atoms with Gasteiger partial charge in [0.05, 0.1) is 0 Å². The van der Waals surface area contributed by atoms with Crippen molar-refractivity contribution in [2.75, 3.05) is 20.1 Å². The summed E-state index contributed by atoms with van der Waals surface area (Å²) in [5, 5.41) is 3.42. The maximum absolute atomic E-state index is 4.20. The molecule has 16 heavy (non-hydrogen) atoms. The summed E-state index contributed by atoms with van der Waals surface area (Å²) in [6.07, 6.45) is 1.88. The highest BCUT2D eigenvalue weighted by Gasteiger charge is 2.01. The number of pyridine rings is 1. The van der Waals surface area contributed by atoms with Crippen LogP contribution in [0.4, 0.5) is 0 Å². The van der Waals surface area contributed by atoms with E-state index in [0.717, 1.165) is 25.3 Å². The van der Waals surface area contributed by atoms with Crippen LogP contribution in [-0.4, -0.2) is 36.1 Å². The Morgan fingerprint density at radius 1 is 1.44 bits per heavy atom. The van der Waals surface area contributed by atoms with Crippen molar-refractivity contribution in [3.63, 3.8) is 0 Å². The first-order chi connectivity index (χ1) is 7.58. The maximum Gasteiger partial charge on any atom is 0.0375 e. The molecule has 1 aromatic rings. The van der Waals surface area contributed by atoms with Gasteiger partial charge in [0, 0.05) is 37.6 Å². The van der Waals surface area contributed by atoms with Crippen molar-refractivity contribution in [3.8, 4) is 0 Å². The molecule has 0 fully saturated rings. The summed E-state index contributed by atoms with van der Waals surface area (Å²) in [7, 11) is 2.15. The highest BCUT2D eigenvalue weighted by Crippen LogP contribution is 2.03. The summed E-state index contributed by atoms with van der Waals surface area (Å²) in [5.74, 6) is 0. The molecule has 0 aliphatic rings. The van der Waals surface area contributed by atoms with Gasteiger partial charge in [0.25, 0.3) is 0 Å². The van der Waals surface area contributed by atoms with Crippen LogP contribution in [0, 0.1) is 6.92 Å². The molecular formula is C13H23N3. The lowest BCUT2D eigenvalue weighted by Crippen LogP contribution is -2.32. The fourth-order valence-corrected chi connectivity index (χ4v) is 1.64. The Morgan fingerprint density at radius 3 is 2.81 bits per heavy atom. The smallest absolute Gasteiger partial charge is 0.0375 e. The third-order valence-corrected chi connectivity index (χ3v) is 2.46. The summed E-state index contributed by atoms with van der Waals surface area (Å²) in [4.78, 5) is 6.53. The Bertz CT molecular complexity index is 310. The van der Waals surface area contributed by atoms with E-state index in [9.17, 15) is 0 Å². The first-order valence-corrected chi connectivity index (χ1v) is 5.91. The lowest BCUT2D eigenvalue weighted by atomic mass is 10.2. The van der Waals surface area contributed by atoms with Crippen molar-refractivity contribution >= 4 is 0 Å². The number of nitrogens with zero attached hydrogens (tertiary/aromatic N) is 2. The van der Waals surface area contributed by atoms with Crippen molar-refractivity contribution in [2.24, 2.45) is 0 Å². The van der Waals surface area contributed by atoms with E-state index >= 15 is 0 Å². The van der Waals surface area contributed by atoms with Gasteiger partial charge in [0.1, 0.15) is 0 Å². The van der Waals surface area contributed by atoms with Crippen molar-refractivity contribution in [1.82, 2.24) is 15.2 Å². The fraction of sp³-hybridized carbons (Fsp3) is 0.615. The van der Waals surface area contributed by atoms with Crippen LogP contribution < -0.4 is 5.32 Å². The van der Waals surface area contributed by atoms with E-state index in [1.54, 1.807) is 0 Å². The number of aromatic nitrogens is 1. The Morgan fingerprint density at radius 2 is 2.19 bits per heavy atom. The first kappa shape index (κ1) is 13.1. The summed E-state index contributed by atoms with van der Waals surface area (Å²) < 4.78 is 0. The number of nitrogens with one attached hydrogen (secondary N) is 1. The third-order valence-electron chi connectivity index (χ3n) is 2.46. The average molecular weight is 221 g/mol. The first-order valence-electron chi connectivity index (χ1n) is 5.91. The molecule has 0 aliphatic heterocycles. The quantitative estimate of drug-likeness (QED) is 0.794. The summed E-state index contributed by atoms with van der Waals surface area (Å²) >= 11 is 0. The molecule has 0 saturated heterocycles. The van der Waals surface area contributed by atoms with Gasteiger partial charge in [-0.3, -0.25) is 4.98 Å². The minimum atomic E-state index is 0.566. The fourth-order valence-electron chi connectivity index (χ4n) is 1.64. The van der Waals surface area contributed by atoms with Crippen molar-refractivity contribution in [3.05, 3.63) is 29.6 Å². The van der Waals surface area contributed by atoms with Gasteiger partial charge < -0.3 is 10.2 Å². The molecule has 90 valence electrons. The van der Waals surface area contributed by atoms with Crippen LogP contribution in [0.2, 0.25) is 0 Å². The maximum atomic E-state index is 4.20. The molecule has 0 aromatic carbocycles. The number of hydrogen-bond acceptors (Lipinski definition) is 3. The molecule has 1 N–H and O–H groups in total. The van der Waals surface area contributed by atoms with E-state index in [2.05, 4.69) is 48.2 Å². The lowest BCUT2D eigenvalue weighted by molar-refractivity contribution is 0.320. The molecule has 0 unspecified atom stereocenters. The largest absolute Gasteiger partial charge is 0.313 e. The van der Waals surface area contributed by atoms with Gasteiger partial charge in [-0.05, 0) is 31.7 Å². The molecule has 0 radical (unpaired) electrons. The summed E-state index contributed by atoms with van der Waals surface area (Å²) in [6.45, 7) is 9.48. The Hall–Kier alpha value is -0.930. The number of hydrogen-bond donors (Lipinski definition) is 1. The molecule has 0 amide bonds. The SMILES string of the molecule is Cc1cc(CN(C)CCNC(C)C)ccn1. The van der Waals surface area contributed by atoms with Crippen LogP contribution in [0.5, 0.6) is 0 Å². The van der Waals surface area contributed by atoms with Gasteiger partial charge in [0.15, 0.2) is 0 Å². The highest BCUT2D eigenvalue weighted by molar-refractivity contribution is 5.14. The predicted molar refractivity (Wildman–Crippen MR) is 68.4 cm³/mol. The van der Waals surface area contributed by atoms with Crippen LogP contribution in [0.15, 0.2) is 18.3 Å². The average Bonchev–Trinajstić information content (AvgIpc) is 2.16.